The number of thiazole rings is 1. The lowest BCUT2D eigenvalue weighted by Gasteiger charge is -2.08. The van der Waals surface area contributed by atoms with Gasteiger partial charge in [0.2, 0.25) is 6.79 Å². The molecule has 7 heteroatoms. The smallest absolute Gasteiger partial charge is 0.270 e. The highest BCUT2D eigenvalue weighted by atomic mass is 32.2. The van der Waals surface area contributed by atoms with Crippen LogP contribution in [-0.2, 0) is 0 Å². The van der Waals surface area contributed by atoms with Crippen molar-refractivity contribution in [3.05, 3.63) is 29.3 Å². The molecule has 120 valence electrons. The minimum absolute atomic E-state index is 0.0925. The Labute approximate surface area is 142 Å². The van der Waals surface area contributed by atoms with Crippen LogP contribution in [0.5, 0.6) is 11.5 Å². The van der Waals surface area contributed by atoms with Crippen LogP contribution in [0.4, 0.5) is 0 Å². The largest absolute Gasteiger partial charge is 0.454 e. The molecule has 2 aliphatic rings. The van der Waals surface area contributed by atoms with Gasteiger partial charge in [0.15, 0.2) is 11.5 Å². The molecule has 2 aromatic rings. The van der Waals surface area contributed by atoms with Gasteiger partial charge in [-0.3, -0.25) is 4.79 Å². The maximum Gasteiger partial charge on any atom is 0.270 e. The predicted octanol–water partition coefficient (Wildman–Crippen LogP) is 3.02. The summed E-state index contributed by atoms with van der Waals surface area (Å²) in [6.45, 7) is 0.993. The minimum Gasteiger partial charge on any atom is -0.454 e. The van der Waals surface area contributed by atoms with Crippen LogP contribution in [0.2, 0.25) is 0 Å². The average Bonchev–Trinajstić information content (AvgIpc) is 3.32. The number of rotatable bonds is 4. The lowest BCUT2D eigenvalue weighted by molar-refractivity contribution is 0.0944. The van der Waals surface area contributed by atoms with E-state index in [1.54, 1.807) is 5.38 Å². The molecule has 0 bridgehead atoms. The van der Waals surface area contributed by atoms with Crippen LogP contribution < -0.4 is 14.8 Å². The first kappa shape index (κ1) is 14.8. The number of carbonyl (C=O) groups is 1. The Kier molecular flexibility index (Phi) is 4.13. The van der Waals surface area contributed by atoms with Crippen LogP contribution in [0, 0.1) is 5.92 Å². The molecule has 2 aliphatic heterocycles. The Morgan fingerprint density at radius 2 is 2.26 bits per heavy atom. The summed E-state index contributed by atoms with van der Waals surface area (Å²) in [6.07, 6.45) is 1.18. The molecule has 23 heavy (non-hydrogen) atoms. The molecule has 1 N–H and O–H groups in total. The summed E-state index contributed by atoms with van der Waals surface area (Å²) in [6, 6.07) is 5.71. The van der Waals surface area contributed by atoms with Crippen molar-refractivity contribution in [1.29, 1.82) is 0 Å². The second-order valence-electron chi connectivity index (χ2n) is 5.55. The fourth-order valence-corrected chi connectivity index (χ4v) is 4.69. The van der Waals surface area contributed by atoms with Gasteiger partial charge in [-0.25, -0.2) is 4.98 Å². The van der Waals surface area contributed by atoms with Crippen molar-refractivity contribution in [1.82, 2.24) is 10.3 Å². The molecule has 0 spiro atoms. The number of fused-ring (bicyclic) bond motifs is 1. The fourth-order valence-electron chi connectivity index (χ4n) is 2.61. The number of aromatic nitrogens is 1. The van der Waals surface area contributed by atoms with Crippen LogP contribution in [0.15, 0.2) is 23.6 Å². The first-order valence-electron chi connectivity index (χ1n) is 7.51. The summed E-state index contributed by atoms with van der Waals surface area (Å²) < 4.78 is 10.7. The van der Waals surface area contributed by atoms with E-state index >= 15 is 0 Å². The Morgan fingerprint density at radius 1 is 1.35 bits per heavy atom. The first-order valence-corrected chi connectivity index (χ1v) is 9.54. The van der Waals surface area contributed by atoms with Crippen molar-refractivity contribution in [3.8, 4) is 22.1 Å². The maximum absolute atomic E-state index is 12.2. The molecule has 1 amide bonds. The molecule has 5 nitrogen and oxygen atoms in total. The number of nitrogens with one attached hydrogen (secondary N) is 1. The monoisotopic (exact) mass is 348 g/mol. The Bertz CT molecular complexity index is 726. The maximum atomic E-state index is 12.2. The Hall–Kier alpha value is -1.73. The zero-order valence-corrected chi connectivity index (χ0v) is 14.0. The second-order valence-corrected chi connectivity index (χ2v) is 7.55. The molecule has 4 rings (SSSR count). The number of amides is 1. The highest BCUT2D eigenvalue weighted by Gasteiger charge is 2.19. The third-order valence-electron chi connectivity index (χ3n) is 3.93. The zero-order chi connectivity index (χ0) is 15.6. The molecule has 1 unspecified atom stereocenters. The zero-order valence-electron chi connectivity index (χ0n) is 12.4. The number of nitrogens with zero attached hydrogens (tertiary/aromatic N) is 1. The highest BCUT2D eigenvalue weighted by molar-refractivity contribution is 7.99. The molecule has 1 aromatic carbocycles. The van der Waals surface area contributed by atoms with Crippen LogP contribution >= 0.6 is 23.1 Å². The van der Waals surface area contributed by atoms with E-state index in [-0.39, 0.29) is 12.7 Å². The van der Waals surface area contributed by atoms with Crippen molar-refractivity contribution in [2.75, 3.05) is 24.8 Å². The molecule has 0 aliphatic carbocycles. The van der Waals surface area contributed by atoms with Gasteiger partial charge < -0.3 is 14.8 Å². The van der Waals surface area contributed by atoms with E-state index in [1.807, 2.05) is 30.0 Å². The number of thioether (sulfide) groups is 1. The van der Waals surface area contributed by atoms with E-state index in [4.69, 9.17) is 9.47 Å². The van der Waals surface area contributed by atoms with Gasteiger partial charge in [-0.05, 0) is 42.0 Å². The SMILES string of the molecule is O=C(NCC1CCSC1)c1csc(-c2ccc3c(c2)OCO3)n1. The molecule has 1 saturated heterocycles. The van der Waals surface area contributed by atoms with E-state index in [1.165, 1.54) is 23.5 Å². The number of carbonyl (C=O) groups excluding carboxylic acids is 1. The fraction of sp³-hybridized carbons (Fsp3) is 0.375. The van der Waals surface area contributed by atoms with Crippen molar-refractivity contribution in [2.45, 2.75) is 6.42 Å². The second kappa shape index (κ2) is 6.41. The molecule has 0 radical (unpaired) electrons. The topological polar surface area (TPSA) is 60.5 Å². The molecule has 0 saturated carbocycles. The van der Waals surface area contributed by atoms with Gasteiger partial charge in [0, 0.05) is 17.5 Å². The van der Waals surface area contributed by atoms with E-state index in [2.05, 4.69) is 10.3 Å². The van der Waals surface area contributed by atoms with E-state index in [0.29, 0.717) is 11.6 Å². The van der Waals surface area contributed by atoms with Crippen molar-refractivity contribution in [2.24, 2.45) is 5.92 Å². The van der Waals surface area contributed by atoms with E-state index in [9.17, 15) is 4.79 Å². The van der Waals surface area contributed by atoms with Crippen molar-refractivity contribution < 1.29 is 14.3 Å². The Morgan fingerprint density at radius 3 is 3.13 bits per heavy atom. The van der Waals surface area contributed by atoms with Gasteiger partial charge >= 0.3 is 0 Å². The minimum atomic E-state index is -0.0925. The summed E-state index contributed by atoms with van der Waals surface area (Å²) in [4.78, 5) is 16.7. The summed E-state index contributed by atoms with van der Waals surface area (Å²) in [7, 11) is 0. The average molecular weight is 348 g/mol. The van der Waals surface area contributed by atoms with Gasteiger partial charge in [0.1, 0.15) is 10.7 Å². The standard InChI is InChI=1S/C16H16N2O3S2/c19-15(17-6-10-3-4-22-7-10)12-8-23-16(18-12)11-1-2-13-14(5-11)21-9-20-13/h1-2,5,8,10H,3-4,6-7,9H2,(H,17,19). The summed E-state index contributed by atoms with van der Waals surface area (Å²) in [5.41, 5.74) is 1.42. The van der Waals surface area contributed by atoms with Crippen molar-refractivity contribution >= 4 is 29.0 Å². The number of hydrogen-bond acceptors (Lipinski definition) is 6. The van der Waals surface area contributed by atoms with Gasteiger partial charge in [-0.15, -0.1) is 11.3 Å². The predicted molar refractivity (Wildman–Crippen MR) is 91.4 cm³/mol. The van der Waals surface area contributed by atoms with Crippen LogP contribution in [0.3, 0.4) is 0 Å². The number of benzene rings is 1. The number of ether oxygens (including phenoxy) is 2. The van der Waals surface area contributed by atoms with Crippen LogP contribution in [-0.4, -0.2) is 35.7 Å². The third kappa shape index (κ3) is 3.16. The molecule has 1 aromatic heterocycles. The normalized spacial score (nSPS) is 19.0. The lowest BCUT2D eigenvalue weighted by Crippen LogP contribution is -2.29. The van der Waals surface area contributed by atoms with Gasteiger partial charge in [0.25, 0.3) is 5.91 Å². The molecular weight excluding hydrogens is 332 g/mol. The molecule has 1 fully saturated rings. The quantitative estimate of drug-likeness (QED) is 0.920. The van der Waals surface area contributed by atoms with Crippen molar-refractivity contribution in [3.63, 3.8) is 0 Å². The molecule has 1 atom stereocenters. The number of hydrogen-bond donors (Lipinski definition) is 1. The summed E-state index contributed by atoms with van der Waals surface area (Å²) >= 11 is 3.42. The first-order chi connectivity index (χ1) is 11.3. The van der Waals surface area contributed by atoms with Crippen LogP contribution in [0.1, 0.15) is 16.9 Å². The highest BCUT2D eigenvalue weighted by Crippen LogP contribution is 2.36. The lowest BCUT2D eigenvalue weighted by atomic mass is 10.1. The molecular formula is C16H16N2O3S2. The van der Waals surface area contributed by atoms with E-state index in [0.717, 1.165) is 34.4 Å². The van der Waals surface area contributed by atoms with E-state index < -0.39 is 0 Å². The summed E-state index contributed by atoms with van der Waals surface area (Å²) in [5, 5.41) is 5.61. The summed E-state index contributed by atoms with van der Waals surface area (Å²) in [5.74, 6) is 4.31. The van der Waals surface area contributed by atoms with Gasteiger partial charge in [-0.2, -0.15) is 11.8 Å². The molecule has 3 heterocycles. The Balaban J connectivity index is 1.44. The van der Waals surface area contributed by atoms with Crippen LogP contribution in [0.25, 0.3) is 10.6 Å². The van der Waals surface area contributed by atoms with Gasteiger partial charge in [-0.1, -0.05) is 0 Å². The van der Waals surface area contributed by atoms with Gasteiger partial charge in [0.05, 0.1) is 0 Å². The third-order valence-corrected chi connectivity index (χ3v) is 6.05.